The lowest BCUT2D eigenvalue weighted by atomic mass is 10.0. The van der Waals surface area contributed by atoms with E-state index in [4.69, 9.17) is 0 Å². The quantitative estimate of drug-likeness (QED) is 0.871. The van der Waals surface area contributed by atoms with Gasteiger partial charge in [-0.3, -0.25) is 9.69 Å². The number of thiazole rings is 1. The molecule has 2 N–H and O–H groups in total. The van der Waals surface area contributed by atoms with E-state index in [1.54, 1.807) is 11.3 Å². The molecule has 1 unspecified atom stereocenters. The van der Waals surface area contributed by atoms with Crippen LogP contribution >= 0.6 is 11.3 Å². The Hall–Kier alpha value is -0.980. The van der Waals surface area contributed by atoms with E-state index in [0.717, 1.165) is 50.7 Å². The minimum atomic E-state index is 0.111. The third-order valence-electron chi connectivity index (χ3n) is 4.45. The van der Waals surface area contributed by atoms with Gasteiger partial charge in [0.2, 0.25) is 5.91 Å². The lowest BCUT2D eigenvalue weighted by Crippen LogP contribution is -2.29. The third kappa shape index (κ3) is 3.81. The van der Waals surface area contributed by atoms with Gasteiger partial charge in [0.1, 0.15) is 0 Å². The van der Waals surface area contributed by atoms with Gasteiger partial charge in [-0.2, -0.15) is 0 Å². The van der Waals surface area contributed by atoms with E-state index in [9.17, 15) is 4.79 Å². The molecule has 0 aliphatic carbocycles. The monoisotopic (exact) mass is 308 g/mol. The van der Waals surface area contributed by atoms with Gasteiger partial charge in [-0.1, -0.05) is 6.92 Å². The molecule has 2 aliphatic heterocycles. The van der Waals surface area contributed by atoms with Gasteiger partial charge in [0.05, 0.1) is 5.69 Å². The van der Waals surface area contributed by atoms with Crippen LogP contribution in [0, 0.1) is 5.92 Å². The first-order valence-electron chi connectivity index (χ1n) is 7.96. The fourth-order valence-corrected chi connectivity index (χ4v) is 4.12. The summed E-state index contributed by atoms with van der Waals surface area (Å²) in [5, 5.41) is 7.11. The second-order valence-electron chi connectivity index (χ2n) is 5.95. The first-order chi connectivity index (χ1) is 10.2. The summed E-state index contributed by atoms with van der Waals surface area (Å²) in [5.74, 6) is 0.777. The predicted octanol–water partition coefficient (Wildman–Crippen LogP) is 1.85. The zero-order valence-electron chi connectivity index (χ0n) is 12.7. The highest BCUT2D eigenvalue weighted by Crippen LogP contribution is 2.28. The molecule has 0 aromatic carbocycles. The van der Waals surface area contributed by atoms with Crippen LogP contribution in [0.1, 0.15) is 36.8 Å². The molecule has 0 spiro atoms. The van der Waals surface area contributed by atoms with Crippen LogP contribution < -0.4 is 10.6 Å². The Morgan fingerprint density at radius 3 is 3.24 bits per heavy atom. The van der Waals surface area contributed by atoms with E-state index < -0.39 is 0 Å². The molecule has 0 saturated carbocycles. The molecule has 1 atom stereocenters. The number of aromatic nitrogens is 1. The molecule has 1 aromatic heterocycles. The summed E-state index contributed by atoms with van der Waals surface area (Å²) in [6.07, 6.45) is 3.79. The number of nitrogens with zero attached hydrogens (tertiary/aromatic N) is 2. The van der Waals surface area contributed by atoms with E-state index in [1.165, 1.54) is 17.0 Å². The molecule has 1 amide bonds. The van der Waals surface area contributed by atoms with Gasteiger partial charge >= 0.3 is 0 Å². The number of hydrogen-bond donors (Lipinski definition) is 2. The topological polar surface area (TPSA) is 57.3 Å². The number of hydrogen-bond acceptors (Lipinski definition) is 5. The molecule has 1 saturated heterocycles. The van der Waals surface area contributed by atoms with E-state index in [1.807, 2.05) is 0 Å². The normalized spacial score (nSPS) is 22.2. The Kier molecular flexibility index (Phi) is 4.87. The molecule has 6 heteroatoms. The van der Waals surface area contributed by atoms with Crippen molar-refractivity contribution in [1.29, 1.82) is 0 Å². The van der Waals surface area contributed by atoms with Crippen molar-refractivity contribution < 1.29 is 4.79 Å². The largest absolute Gasteiger partial charge is 0.316 e. The van der Waals surface area contributed by atoms with Gasteiger partial charge in [-0.15, -0.1) is 11.3 Å². The summed E-state index contributed by atoms with van der Waals surface area (Å²) < 4.78 is 0. The number of carbonyl (C=O) groups is 1. The Morgan fingerprint density at radius 2 is 2.48 bits per heavy atom. The lowest BCUT2D eigenvalue weighted by molar-refractivity contribution is -0.116. The lowest BCUT2D eigenvalue weighted by Gasteiger charge is -2.23. The van der Waals surface area contributed by atoms with Gasteiger partial charge in [0.15, 0.2) is 5.13 Å². The standard InChI is InChI=1S/C15H24N4OS/c1-2-19-8-6-12-13(10-19)21-15(17-12)18-14(20)4-3-11-5-7-16-9-11/h11,16H,2-10H2,1H3,(H,17,18,20). The maximum absolute atomic E-state index is 12.0. The van der Waals surface area contributed by atoms with Crippen molar-refractivity contribution in [1.82, 2.24) is 15.2 Å². The highest BCUT2D eigenvalue weighted by atomic mass is 32.1. The highest BCUT2D eigenvalue weighted by Gasteiger charge is 2.21. The Morgan fingerprint density at radius 1 is 1.57 bits per heavy atom. The fourth-order valence-electron chi connectivity index (χ4n) is 3.05. The van der Waals surface area contributed by atoms with Crippen molar-refractivity contribution in [2.45, 2.75) is 39.2 Å². The zero-order chi connectivity index (χ0) is 14.7. The second-order valence-corrected chi connectivity index (χ2v) is 7.04. The van der Waals surface area contributed by atoms with E-state index >= 15 is 0 Å². The van der Waals surface area contributed by atoms with Gasteiger partial charge in [0.25, 0.3) is 0 Å². The van der Waals surface area contributed by atoms with Gasteiger partial charge in [0, 0.05) is 30.8 Å². The average molecular weight is 308 g/mol. The summed E-state index contributed by atoms with van der Waals surface area (Å²) in [4.78, 5) is 20.3. The van der Waals surface area contributed by atoms with Crippen LogP contribution in [0.3, 0.4) is 0 Å². The molecule has 3 rings (SSSR count). The molecular weight excluding hydrogens is 284 g/mol. The van der Waals surface area contributed by atoms with Crippen LogP contribution in [-0.2, 0) is 17.8 Å². The number of nitrogens with one attached hydrogen (secondary N) is 2. The molecule has 3 heterocycles. The molecule has 0 radical (unpaired) electrons. The highest BCUT2D eigenvalue weighted by molar-refractivity contribution is 7.15. The molecule has 5 nitrogen and oxygen atoms in total. The molecule has 2 aliphatic rings. The first-order valence-corrected chi connectivity index (χ1v) is 8.77. The summed E-state index contributed by atoms with van der Waals surface area (Å²) in [7, 11) is 0. The molecule has 1 aromatic rings. The van der Waals surface area contributed by atoms with Crippen LogP contribution in [0.2, 0.25) is 0 Å². The summed E-state index contributed by atoms with van der Waals surface area (Å²) in [5.41, 5.74) is 1.18. The Bertz CT molecular complexity index is 496. The van der Waals surface area contributed by atoms with Crippen LogP contribution in [0.4, 0.5) is 5.13 Å². The number of likely N-dealkylation sites (N-methyl/N-ethyl adjacent to an activating group) is 1. The molecule has 116 valence electrons. The Balaban J connectivity index is 1.51. The number of anilines is 1. The van der Waals surface area contributed by atoms with Crippen molar-refractivity contribution in [3.63, 3.8) is 0 Å². The van der Waals surface area contributed by atoms with E-state index in [0.29, 0.717) is 12.3 Å². The van der Waals surface area contributed by atoms with Crippen LogP contribution in [0.5, 0.6) is 0 Å². The van der Waals surface area contributed by atoms with Crippen LogP contribution in [-0.4, -0.2) is 42.0 Å². The molecule has 0 bridgehead atoms. The number of amides is 1. The number of fused-ring (bicyclic) bond motifs is 1. The SMILES string of the molecule is CCN1CCc2nc(NC(=O)CCC3CCNC3)sc2C1. The van der Waals surface area contributed by atoms with Crippen molar-refractivity contribution in [3.05, 3.63) is 10.6 Å². The summed E-state index contributed by atoms with van der Waals surface area (Å²) >= 11 is 1.64. The predicted molar refractivity (Wildman–Crippen MR) is 85.6 cm³/mol. The van der Waals surface area contributed by atoms with Crippen LogP contribution in [0.15, 0.2) is 0 Å². The van der Waals surface area contributed by atoms with Crippen molar-refractivity contribution in [2.75, 3.05) is 31.5 Å². The van der Waals surface area contributed by atoms with Crippen molar-refractivity contribution in [2.24, 2.45) is 5.92 Å². The minimum Gasteiger partial charge on any atom is -0.316 e. The van der Waals surface area contributed by atoms with E-state index in [-0.39, 0.29) is 5.91 Å². The number of rotatable bonds is 5. The number of carbonyl (C=O) groups excluding carboxylic acids is 1. The molecule has 21 heavy (non-hydrogen) atoms. The minimum absolute atomic E-state index is 0.111. The summed E-state index contributed by atoms with van der Waals surface area (Å²) in [6, 6.07) is 0. The second kappa shape index (κ2) is 6.85. The van der Waals surface area contributed by atoms with Gasteiger partial charge in [-0.25, -0.2) is 4.98 Å². The molecular formula is C15H24N4OS. The summed E-state index contributed by atoms with van der Waals surface area (Å²) in [6.45, 7) is 7.48. The zero-order valence-corrected chi connectivity index (χ0v) is 13.5. The maximum atomic E-state index is 12.0. The van der Waals surface area contributed by atoms with Gasteiger partial charge in [-0.05, 0) is 38.4 Å². The Labute approximate surface area is 130 Å². The van der Waals surface area contributed by atoms with E-state index in [2.05, 4.69) is 27.4 Å². The fraction of sp³-hybridized carbons (Fsp3) is 0.733. The maximum Gasteiger partial charge on any atom is 0.226 e. The van der Waals surface area contributed by atoms with Crippen LogP contribution in [0.25, 0.3) is 0 Å². The average Bonchev–Trinajstić information content (AvgIpc) is 3.13. The smallest absolute Gasteiger partial charge is 0.226 e. The van der Waals surface area contributed by atoms with Gasteiger partial charge < -0.3 is 10.6 Å². The first kappa shape index (κ1) is 14.9. The van der Waals surface area contributed by atoms with Crippen molar-refractivity contribution in [3.8, 4) is 0 Å². The third-order valence-corrected chi connectivity index (χ3v) is 5.44. The van der Waals surface area contributed by atoms with Crippen molar-refractivity contribution >= 4 is 22.4 Å². The molecule has 1 fully saturated rings.